The van der Waals surface area contributed by atoms with Gasteiger partial charge in [0, 0.05) is 26.2 Å². The van der Waals surface area contributed by atoms with Crippen molar-refractivity contribution < 1.29 is 14.7 Å². The Morgan fingerprint density at radius 1 is 1.58 bits per heavy atom. The summed E-state index contributed by atoms with van der Waals surface area (Å²) >= 11 is 0. The molecule has 0 saturated carbocycles. The molecule has 2 bridgehead atoms. The SMILES string of the molecule is CN(C=O)C[C@H](O)CN1[C@@H]2CCC[C@@]1(C(N)=O)CC2. The second-order valence-electron chi connectivity index (χ2n) is 5.83. The minimum atomic E-state index is -0.646. The van der Waals surface area contributed by atoms with Crippen LogP contribution in [0, 0.1) is 0 Å². The number of hydrogen-bond acceptors (Lipinski definition) is 4. The molecule has 0 aromatic heterocycles. The molecule has 2 aliphatic rings. The largest absolute Gasteiger partial charge is 0.390 e. The molecule has 0 spiro atoms. The van der Waals surface area contributed by atoms with Gasteiger partial charge in [0.25, 0.3) is 0 Å². The maximum absolute atomic E-state index is 11.8. The molecule has 3 N–H and O–H groups in total. The van der Waals surface area contributed by atoms with E-state index in [-0.39, 0.29) is 12.5 Å². The number of aliphatic hydroxyl groups is 1. The lowest BCUT2D eigenvalue weighted by atomic mass is 9.87. The highest BCUT2D eigenvalue weighted by molar-refractivity contribution is 5.85. The number of piperidine rings is 1. The number of primary amides is 1. The molecular formula is C13H23N3O3. The molecule has 2 aliphatic heterocycles. The van der Waals surface area contributed by atoms with Crippen molar-refractivity contribution in [1.29, 1.82) is 0 Å². The number of amides is 2. The summed E-state index contributed by atoms with van der Waals surface area (Å²) < 4.78 is 0. The summed E-state index contributed by atoms with van der Waals surface area (Å²) in [5.74, 6) is -0.273. The van der Waals surface area contributed by atoms with Gasteiger partial charge >= 0.3 is 0 Å². The highest BCUT2D eigenvalue weighted by Crippen LogP contribution is 2.43. The molecule has 2 rings (SSSR count). The van der Waals surface area contributed by atoms with Gasteiger partial charge in [0.2, 0.25) is 12.3 Å². The van der Waals surface area contributed by atoms with E-state index in [9.17, 15) is 14.7 Å². The van der Waals surface area contributed by atoms with Gasteiger partial charge in [0.1, 0.15) is 5.54 Å². The monoisotopic (exact) mass is 269 g/mol. The number of rotatable bonds is 6. The molecule has 0 aliphatic carbocycles. The van der Waals surface area contributed by atoms with Crippen LogP contribution < -0.4 is 5.73 Å². The van der Waals surface area contributed by atoms with E-state index in [2.05, 4.69) is 4.90 Å². The Hall–Kier alpha value is -1.14. The summed E-state index contributed by atoms with van der Waals surface area (Å²) in [4.78, 5) is 25.9. The maximum Gasteiger partial charge on any atom is 0.237 e. The van der Waals surface area contributed by atoms with Crippen molar-refractivity contribution in [3.8, 4) is 0 Å². The zero-order chi connectivity index (χ0) is 14.0. The van der Waals surface area contributed by atoms with E-state index >= 15 is 0 Å². The van der Waals surface area contributed by atoms with Crippen LogP contribution in [0.2, 0.25) is 0 Å². The van der Waals surface area contributed by atoms with Crippen LogP contribution in [0.15, 0.2) is 0 Å². The minimum absolute atomic E-state index is 0.273. The lowest BCUT2D eigenvalue weighted by molar-refractivity contribution is -0.133. The van der Waals surface area contributed by atoms with Gasteiger partial charge in [-0.15, -0.1) is 0 Å². The third kappa shape index (κ3) is 2.60. The Labute approximate surface area is 113 Å². The summed E-state index contributed by atoms with van der Waals surface area (Å²) in [5, 5.41) is 10.1. The summed E-state index contributed by atoms with van der Waals surface area (Å²) in [7, 11) is 1.63. The predicted octanol–water partition coefficient (Wildman–Crippen LogP) is -0.692. The van der Waals surface area contributed by atoms with Crippen molar-refractivity contribution >= 4 is 12.3 Å². The van der Waals surface area contributed by atoms with E-state index in [0.717, 1.165) is 32.1 Å². The molecule has 2 saturated heterocycles. The van der Waals surface area contributed by atoms with E-state index in [0.29, 0.717) is 19.0 Å². The van der Waals surface area contributed by atoms with Gasteiger partial charge in [-0.3, -0.25) is 14.5 Å². The number of nitrogens with zero attached hydrogens (tertiary/aromatic N) is 2. The Morgan fingerprint density at radius 3 is 2.95 bits per heavy atom. The second kappa shape index (κ2) is 5.46. The van der Waals surface area contributed by atoms with Gasteiger partial charge in [-0.2, -0.15) is 0 Å². The van der Waals surface area contributed by atoms with E-state index in [1.165, 1.54) is 4.90 Å². The minimum Gasteiger partial charge on any atom is -0.390 e. The number of nitrogens with two attached hydrogens (primary N) is 1. The molecule has 0 radical (unpaired) electrons. The first-order chi connectivity index (χ1) is 8.99. The fourth-order valence-electron chi connectivity index (χ4n) is 3.63. The molecule has 2 fully saturated rings. The van der Waals surface area contributed by atoms with Crippen LogP contribution in [0.5, 0.6) is 0 Å². The fraction of sp³-hybridized carbons (Fsp3) is 0.846. The molecule has 2 amide bonds. The molecular weight excluding hydrogens is 246 g/mol. The van der Waals surface area contributed by atoms with Gasteiger partial charge in [0.05, 0.1) is 6.10 Å². The van der Waals surface area contributed by atoms with Gasteiger partial charge < -0.3 is 15.7 Å². The quantitative estimate of drug-likeness (QED) is 0.625. The van der Waals surface area contributed by atoms with Crippen LogP contribution in [0.1, 0.15) is 32.1 Å². The van der Waals surface area contributed by atoms with Gasteiger partial charge in [-0.1, -0.05) is 0 Å². The highest BCUT2D eigenvalue weighted by Gasteiger charge is 2.52. The van der Waals surface area contributed by atoms with Crippen LogP contribution in [0.25, 0.3) is 0 Å². The molecule has 6 nitrogen and oxygen atoms in total. The van der Waals surface area contributed by atoms with Gasteiger partial charge in [0.15, 0.2) is 0 Å². The highest BCUT2D eigenvalue weighted by atomic mass is 16.3. The first-order valence-electron chi connectivity index (χ1n) is 6.90. The van der Waals surface area contributed by atoms with Crippen molar-refractivity contribution in [1.82, 2.24) is 9.80 Å². The van der Waals surface area contributed by atoms with Crippen LogP contribution in [0.3, 0.4) is 0 Å². The van der Waals surface area contributed by atoms with Crippen LogP contribution >= 0.6 is 0 Å². The first kappa shape index (κ1) is 14.3. The number of carbonyl (C=O) groups excluding carboxylic acids is 2. The van der Waals surface area contributed by atoms with Crippen LogP contribution in [-0.2, 0) is 9.59 Å². The second-order valence-corrected chi connectivity index (χ2v) is 5.83. The predicted molar refractivity (Wildman–Crippen MR) is 70.2 cm³/mol. The zero-order valence-corrected chi connectivity index (χ0v) is 11.4. The zero-order valence-electron chi connectivity index (χ0n) is 11.4. The van der Waals surface area contributed by atoms with Crippen molar-refractivity contribution in [2.75, 3.05) is 20.1 Å². The average Bonchev–Trinajstić information content (AvgIpc) is 2.59. The Balaban J connectivity index is 2.05. The van der Waals surface area contributed by atoms with Gasteiger partial charge in [-0.05, 0) is 32.1 Å². The third-order valence-electron chi connectivity index (χ3n) is 4.55. The first-order valence-corrected chi connectivity index (χ1v) is 6.90. The molecule has 2 heterocycles. The van der Waals surface area contributed by atoms with Crippen molar-refractivity contribution in [2.45, 2.75) is 49.8 Å². The van der Waals surface area contributed by atoms with Crippen molar-refractivity contribution in [3.63, 3.8) is 0 Å². The summed E-state index contributed by atoms with van der Waals surface area (Å²) in [6.07, 6.45) is 4.68. The number of fused-ring (bicyclic) bond motifs is 2. The van der Waals surface area contributed by atoms with E-state index < -0.39 is 11.6 Å². The number of aliphatic hydroxyl groups excluding tert-OH is 1. The molecule has 0 unspecified atom stereocenters. The molecule has 19 heavy (non-hydrogen) atoms. The number of β-amino-alcohol motifs (C(OH)–C–C–N with tert-alkyl or cyclic N) is 1. The fourth-order valence-corrected chi connectivity index (χ4v) is 3.63. The lowest BCUT2D eigenvalue weighted by Crippen LogP contribution is -2.60. The Kier molecular flexibility index (Phi) is 4.10. The normalized spacial score (nSPS) is 32.0. The van der Waals surface area contributed by atoms with Crippen molar-refractivity contribution in [2.24, 2.45) is 5.73 Å². The Morgan fingerprint density at radius 2 is 2.32 bits per heavy atom. The average molecular weight is 269 g/mol. The standard InChI is InChI=1S/C13H23N3O3/c1-15(9-17)7-11(18)8-16-10-3-2-5-13(16,6-4-10)12(14)19/h9-11,18H,2-8H2,1H3,(H2,14,19)/t10-,11+,13+/m1/s1. The van der Waals surface area contributed by atoms with Crippen LogP contribution in [-0.4, -0.2) is 65.0 Å². The molecule has 0 aromatic rings. The smallest absolute Gasteiger partial charge is 0.237 e. The van der Waals surface area contributed by atoms with Crippen LogP contribution in [0.4, 0.5) is 0 Å². The molecule has 6 heteroatoms. The number of carbonyl (C=O) groups is 2. The van der Waals surface area contributed by atoms with Crippen molar-refractivity contribution in [3.05, 3.63) is 0 Å². The van der Waals surface area contributed by atoms with E-state index in [1.54, 1.807) is 7.05 Å². The summed E-state index contributed by atoms with van der Waals surface area (Å²) in [6, 6.07) is 0.345. The molecule has 3 atom stereocenters. The maximum atomic E-state index is 11.8. The third-order valence-corrected chi connectivity index (χ3v) is 4.55. The van der Waals surface area contributed by atoms with E-state index in [1.807, 2.05) is 0 Å². The van der Waals surface area contributed by atoms with Gasteiger partial charge in [-0.25, -0.2) is 0 Å². The Bertz CT molecular complexity index is 359. The van der Waals surface area contributed by atoms with E-state index in [4.69, 9.17) is 5.73 Å². The summed E-state index contributed by atoms with van der Waals surface area (Å²) in [6.45, 7) is 0.688. The number of likely N-dealkylation sites (N-methyl/N-ethyl adjacent to an activating group) is 1. The summed E-state index contributed by atoms with van der Waals surface area (Å²) in [5.41, 5.74) is 5.04. The number of hydrogen-bond donors (Lipinski definition) is 2. The lowest BCUT2D eigenvalue weighted by Gasteiger charge is -2.43. The molecule has 0 aromatic carbocycles. The molecule has 108 valence electrons. The topological polar surface area (TPSA) is 86.9 Å².